The van der Waals surface area contributed by atoms with Gasteiger partial charge in [-0.25, -0.2) is 9.59 Å². The zero-order valence-corrected chi connectivity index (χ0v) is 14.4. The van der Waals surface area contributed by atoms with E-state index in [4.69, 9.17) is 16.3 Å². The largest absolute Gasteiger partial charge is 0.451 e. The van der Waals surface area contributed by atoms with Gasteiger partial charge < -0.3 is 10.1 Å². The Hall–Kier alpha value is -2.38. The lowest BCUT2D eigenvalue weighted by Gasteiger charge is -2.05. The van der Waals surface area contributed by atoms with E-state index in [1.807, 2.05) is 17.4 Å². The first-order valence-electron chi connectivity index (χ1n) is 7.10. The summed E-state index contributed by atoms with van der Waals surface area (Å²) in [6.45, 7) is 1.59. The molecule has 24 heavy (non-hydrogen) atoms. The summed E-state index contributed by atoms with van der Waals surface area (Å²) in [4.78, 5) is 35.8. The average Bonchev–Trinajstić information content (AvgIpc) is 3.03. The first kappa shape index (κ1) is 18.0. The van der Waals surface area contributed by atoms with E-state index in [1.54, 1.807) is 31.2 Å². The van der Waals surface area contributed by atoms with Gasteiger partial charge in [-0.3, -0.25) is 10.1 Å². The lowest BCUT2D eigenvalue weighted by Crippen LogP contribution is -2.41. The van der Waals surface area contributed by atoms with Crippen LogP contribution in [0.25, 0.3) is 10.4 Å². The van der Waals surface area contributed by atoms with E-state index in [0.717, 1.165) is 10.4 Å². The number of carbonyl (C=O) groups excluding carboxylic acids is 3. The molecule has 2 aromatic rings. The lowest BCUT2D eigenvalue weighted by molar-refractivity contribution is -0.123. The van der Waals surface area contributed by atoms with Crippen molar-refractivity contribution in [1.82, 2.24) is 10.6 Å². The van der Waals surface area contributed by atoms with Gasteiger partial charge in [-0.2, -0.15) is 0 Å². The predicted octanol–water partition coefficient (Wildman–Crippen LogP) is 3.07. The highest BCUT2D eigenvalue weighted by Crippen LogP contribution is 2.29. The number of hydrogen-bond acceptors (Lipinski definition) is 5. The number of nitrogens with one attached hydrogen (secondary N) is 2. The summed E-state index contributed by atoms with van der Waals surface area (Å²) in [5.41, 5.74) is 0.928. The SMILES string of the molecule is CCNC(=O)NC(=O)COC(=O)c1ccc(-c2ccc(Cl)cc2)s1. The molecule has 6 nitrogen and oxygen atoms in total. The number of rotatable bonds is 5. The molecule has 0 atom stereocenters. The van der Waals surface area contributed by atoms with E-state index < -0.39 is 24.5 Å². The van der Waals surface area contributed by atoms with E-state index in [0.29, 0.717) is 16.4 Å². The Bertz CT molecular complexity index is 743. The van der Waals surface area contributed by atoms with Crippen LogP contribution in [0.4, 0.5) is 4.79 Å². The van der Waals surface area contributed by atoms with Crippen molar-refractivity contribution in [3.8, 4) is 10.4 Å². The molecule has 1 aromatic heterocycles. The Balaban J connectivity index is 1.90. The average molecular weight is 367 g/mol. The molecule has 126 valence electrons. The zero-order chi connectivity index (χ0) is 17.5. The van der Waals surface area contributed by atoms with Crippen molar-refractivity contribution in [1.29, 1.82) is 0 Å². The predicted molar refractivity (Wildman–Crippen MR) is 92.3 cm³/mol. The van der Waals surface area contributed by atoms with Gasteiger partial charge in [0, 0.05) is 16.4 Å². The van der Waals surface area contributed by atoms with Gasteiger partial charge in [-0.15, -0.1) is 11.3 Å². The van der Waals surface area contributed by atoms with Gasteiger partial charge in [0.2, 0.25) is 0 Å². The molecule has 0 aliphatic carbocycles. The molecule has 0 unspecified atom stereocenters. The number of esters is 1. The van der Waals surface area contributed by atoms with E-state index in [-0.39, 0.29) is 0 Å². The molecule has 0 saturated carbocycles. The molecule has 2 N–H and O–H groups in total. The maximum Gasteiger partial charge on any atom is 0.348 e. The molecule has 2 rings (SSSR count). The van der Waals surface area contributed by atoms with Gasteiger partial charge in [0.05, 0.1) is 0 Å². The Kier molecular flexibility index (Phi) is 6.34. The number of imide groups is 1. The Morgan fingerprint density at radius 1 is 1.12 bits per heavy atom. The van der Waals surface area contributed by atoms with Crippen LogP contribution in [0, 0.1) is 0 Å². The fourth-order valence-corrected chi connectivity index (χ4v) is 2.82. The number of carbonyl (C=O) groups is 3. The second-order valence-electron chi connectivity index (χ2n) is 4.65. The van der Waals surface area contributed by atoms with Crippen molar-refractivity contribution >= 4 is 40.8 Å². The third kappa shape index (κ3) is 5.07. The van der Waals surface area contributed by atoms with Crippen molar-refractivity contribution < 1.29 is 19.1 Å². The van der Waals surface area contributed by atoms with E-state index >= 15 is 0 Å². The third-order valence-electron chi connectivity index (χ3n) is 2.86. The van der Waals surface area contributed by atoms with E-state index in [2.05, 4.69) is 5.32 Å². The van der Waals surface area contributed by atoms with Crippen LogP contribution in [0.2, 0.25) is 5.02 Å². The van der Waals surface area contributed by atoms with Gasteiger partial charge in [-0.1, -0.05) is 23.7 Å². The Labute approximate surface area is 147 Å². The highest BCUT2D eigenvalue weighted by molar-refractivity contribution is 7.17. The number of halogens is 1. The number of thiophene rings is 1. The summed E-state index contributed by atoms with van der Waals surface area (Å²) in [5, 5.41) is 5.08. The van der Waals surface area contributed by atoms with Gasteiger partial charge in [-0.05, 0) is 36.8 Å². The summed E-state index contributed by atoms with van der Waals surface area (Å²) in [6.07, 6.45) is 0. The minimum Gasteiger partial charge on any atom is -0.451 e. The Morgan fingerprint density at radius 2 is 1.83 bits per heavy atom. The second kappa shape index (κ2) is 8.47. The fourth-order valence-electron chi connectivity index (χ4n) is 1.79. The van der Waals surface area contributed by atoms with Gasteiger partial charge in [0.15, 0.2) is 6.61 Å². The molecule has 0 spiro atoms. The van der Waals surface area contributed by atoms with Crippen LogP contribution >= 0.6 is 22.9 Å². The van der Waals surface area contributed by atoms with Crippen LogP contribution in [-0.4, -0.2) is 31.1 Å². The standard InChI is InChI=1S/C16H15ClN2O4S/c1-2-18-16(22)19-14(20)9-23-15(21)13-8-7-12(24-13)10-3-5-11(17)6-4-10/h3-8H,2,9H2,1H3,(H2,18,19,20,22). The van der Waals surface area contributed by atoms with Crippen LogP contribution in [0.15, 0.2) is 36.4 Å². The molecule has 0 aliphatic rings. The topological polar surface area (TPSA) is 84.5 Å². The molecule has 0 fully saturated rings. The third-order valence-corrected chi connectivity index (χ3v) is 4.23. The smallest absolute Gasteiger partial charge is 0.348 e. The normalized spacial score (nSPS) is 10.1. The highest BCUT2D eigenvalue weighted by Gasteiger charge is 2.14. The summed E-state index contributed by atoms with van der Waals surface area (Å²) in [6, 6.07) is 10.0. The molecule has 8 heteroatoms. The van der Waals surface area contributed by atoms with Crippen molar-refractivity contribution in [2.24, 2.45) is 0 Å². The Morgan fingerprint density at radius 3 is 2.50 bits per heavy atom. The first-order chi connectivity index (χ1) is 11.5. The maximum absolute atomic E-state index is 11.9. The molecular formula is C16H15ClN2O4S. The lowest BCUT2D eigenvalue weighted by atomic mass is 10.2. The number of benzene rings is 1. The highest BCUT2D eigenvalue weighted by atomic mass is 35.5. The summed E-state index contributed by atoms with van der Waals surface area (Å²) in [5.74, 6) is -1.31. The van der Waals surface area contributed by atoms with E-state index in [9.17, 15) is 14.4 Å². The summed E-state index contributed by atoms with van der Waals surface area (Å²) < 4.78 is 4.90. The molecule has 1 heterocycles. The monoisotopic (exact) mass is 366 g/mol. The zero-order valence-electron chi connectivity index (χ0n) is 12.8. The molecule has 0 aliphatic heterocycles. The van der Waals surface area contributed by atoms with Crippen molar-refractivity contribution in [2.45, 2.75) is 6.92 Å². The molecule has 3 amide bonds. The fraction of sp³-hybridized carbons (Fsp3) is 0.188. The van der Waals surface area contributed by atoms with Gasteiger partial charge >= 0.3 is 12.0 Å². The van der Waals surface area contributed by atoms with Crippen molar-refractivity contribution in [3.05, 3.63) is 46.3 Å². The molecule has 0 radical (unpaired) electrons. The second-order valence-corrected chi connectivity index (χ2v) is 6.17. The molecule has 1 aromatic carbocycles. The number of urea groups is 1. The van der Waals surface area contributed by atoms with Crippen molar-refractivity contribution in [2.75, 3.05) is 13.2 Å². The number of amides is 3. The molecule has 0 bridgehead atoms. The maximum atomic E-state index is 11.9. The quantitative estimate of drug-likeness (QED) is 0.796. The van der Waals surface area contributed by atoms with Gasteiger partial charge in [0.25, 0.3) is 5.91 Å². The summed E-state index contributed by atoms with van der Waals surface area (Å²) >= 11 is 7.09. The van der Waals surface area contributed by atoms with Crippen LogP contribution < -0.4 is 10.6 Å². The van der Waals surface area contributed by atoms with Crippen LogP contribution in [0.1, 0.15) is 16.6 Å². The van der Waals surface area contributed by atoms with Crippen LogP contribution in [-0.2, 0) is 9.53 Å². The van der Waals surface area contributed by atoms with Crippen LogP contribution in [0.3, 0.4) is 0 Å². The van der Waals surface area contributed by atoms with Crippen LogP contribution in [0.5, 0.6) is 0 Å². The summed E-state index contributed by atoms with van der Waals surface area (Å²) in [7, 11) is 0. The van der Waals surface area contributed by atoms with Gasteiger partial charge in [0.1, 0.15) is 4.88 Å². The molecule has 0 saturated heterocycles. The number of hydrogen-bond donors (Lipinski definition) is 2. The minimum absolute atomic E-state index is 0.366. The first-order valence-corrected chi connectivity index (χ1v) is 8.29. The molecular weight excluding hydrogens is 352 g/mol. The number of ether oxygens (including phenoxy) is 1. The van der Waals surface area contributed by atoms with E-state index in [1.165, 1.54) is 11.3 Å². The minimum atomic E-state index is -0.691. The van der Waals surface area contributed by atoms with Crippen molar-refractivity contribution in [3.63, 3.8) is 0 Å².